The third-order valence-electron chi connectivity index (χ3n) is 4.41. The Labute approximate surface area is 161 Å². The quantitative estimate of drug-likeness (QED) is 0.675. The van der Waals surface area contributed by atoms with Gasteiger partial charge in [0.05, 0.1) is 24.1 Å². The zero-order valence-electron chi connectivity index (χ0n) is 14.5. The summed E-state index contributed by atoms with van der Waals surface area (Å²) in [7, 11) is 0. The molecule has 0 spiro atoms. The number of benzene rings is 1. The molecule has 3 aromatic rings. The Kier molecular flexibility index (Phi) is 4.98. The SMILES string of the molecule is O=C(c1ccccn1)N1CCC[C@@H]1c1cncc(Oc2ccc(Cl)cc2)n1. The summed E-state index contributed by atoms with van der Waals surface area (Å²) in [5.41, 5.74) is 1.15. The normalized spacial score (nSPS) is 16.3. The van der Waals surface area contributed by atoms with E-state index in [2.05, 4.69) is 15.0 Å². The molecule has 0 unspecified atom stereocenters. The number of carbonyl (C=O) groups is 1. The lowest BCUT2D eigenvalue weighted by Gasteiger charge is -2.24. The molecule has 1 amide bonds. The van der Waals surface area contributed by atoms with Crippen LogP contribution in [0.5, 0.6) is 11.6 Å². The number of carbonyl (C=O) groups excluding carboxylic acids is 1. The van der Waals surface area contributed by atoms with Gasteiger partial charge < -0.3 is 9.64 Å². The maximum absolute atomic E-state index is 12.8. The highest BCUT2D eigenvalue weighted by atomic mass is 35.5. The highest BCUT2D eigenvalue weighted by Gasteiger charge is 2.32. The monoisotopic (exact) mass is 380 g/mol. The van der Waals surface area contributed by atoms with Crippen molar-refractivity contribution in [3.8, 4) is 11.6 Å². The summed E-state index contributed by atoms with van der Waals surface area (Å²) in [6, 6.07) is 12.2. The fourth-order valence-corrected chi connectivity index (χ4v) is 3.28. The molecule has 0 bridgehead atoms. The second kappa shape index (κ2) is 7.72. The lowest BCUT2D eigenvalue weighted by Crippen LogP contribution is -2.31. The average molecular weight is 381 g/mol. The molecule has 1 aliphatic heterocycles. The number of amides is 1. The zero-order chi connectivity index (χ0) is 18.6. The van der Waals surface area contributed by atoms with Crippen LogP contribution < -0.4 is 4.74 Å². The number of nitrogens with zero attached hydrogens (tertiary/aromatic N) is 4. The Bertz CT molecular complexity index is 934. The van der Waals surface area contributed by atoms with E-state index in [1.807, 2.05) is 6.07 Å². The Balaban J connectivity index is 1.55. The first-order chi connectivity index (χ1) is 13.2. The summed E-state index contributed by atoms with van der Waals surface area (Å²) < 4.78 is 5.77. The van der Waals surface area contributed by atoms with Crippen LogP contribution >= 0.6 is 11.6 Å². The number of rotatable bonds is 4. The molecule has 2 aromatic heterocycles. The Morgan fingerprint density at radius 1 is 1.15 bits per heavy atom. The van der Waals surface area contributed by atoms with Gasteiger partial charge in [-0.3, -0.25) is 14.8 Å². The minimum absolute atomic E-state index is 0.0936. The molecule has 0 N–H and O–H groups in total. The van der Waals surface area contributed by atoms with Crippen LogP contribution in [0.3, 0.4) is 0 Å². The molecular formula is C20H17ClN4O2. The van der Waals surface area contributed by atoms with Crippen molar-refractivity contribution in [1.82, 2.24) is 19.9 Å². The Morgan fingerprint density at radius 3 is 2.78 bits per heavy atom. The maximum atomic E-state index is 12.8. The average Bonchev–Trinajstić information content (AvgIpc) is 3.20. The largest absolute Gasteiger partial charge is 0.437 e. The first-order valence-corrected chi connectivity index (χ1v) is 9.06. The molecule has 0 radical (unpaired) electrons. The van der Waals surface area contributed by atoms with E-state index in [-0.39, 0.29) is 11.9 Å². The molecule has 4 rings (SSSR count). The third kappa shape index (κ3) is 3.90. The summed E-state index contributed by atoms with van der Waals surface area (Å²) in [5.74, 6) is 0.912. The van der Waals surface area contributed by atoms with Crippen LogP contribution in [-0.2, 0) is 0 Å². The van der Waals surface area contributed by atoms with Crippen molar-refractivity contribution in [3.05, 3.63) is 77.5 Å². The number of hydrogen-bond acceptors (Lipinski definition) is 5. The van der Waals surface area contributed by atoms with Crippen LogP contribution in [-0.4, -0.2) is 32.3 Å². The van der Waals surface area contributed by atoms with Gasteiger partial charge in [0, 0.05) is 17.8 Å². The van der Waals surface area contributed by atoms with Crippen molar-refractivity contribution >= 4 is 17.5 Å². The molecule has 1 aromatic carbocycles. The molecule has 1 fully saturated rings. The number of pyridine rings is 1. The van der Waals surface area contributed by atoms with Crippen LogP contribution in [0.15, 0.2) is 61.1 Å². The standard InChI is InChI=1S/C20H17ClN4O2/c21-14-6-8-15(9-7-14)27-19-13-22-12-17(24-19)18-5-3-11-25(18)20(26)16-4-1-2-10-23-16/h1-2,4,6-10,12-13,18H,3,5,11H2/t18-/m1/s1. The van der Waals surface area contributed by atoms with E-state index in [1.54, 1.807) is 59.9 Å². The van der Waals surface area contributed by atoms with Gasteiger partial charge in [0.2, 0.25) is 5.88 Å². The highest BCUT2D eigenvalue weighted by Crippen LogP contribution is 2.32. The second-order valence-electron chi connectivity index (χ2n) is 6.21. The minimum atomic E-state index is -0.138. The fourth-order valence-electron chi connectivity index (χ4n) is 3.15. The van der Waals surface area contributed by atoms with E-state index in [9.17, 15) is 4.79 Å². The van der Waals surface area contributed by atoms with Gasteiger partial charge in [-0.15, -0.1) is 0 Å². The van der Waals surface area contributed by atoms with Crippen LogP contribution in [0.4, 0.5) is 0 Å². The van der Waals surface area contributed by atoms with Gasteiger partial charge >= 0.3 is 0 Å². The van der Waals surface area contributed by atoms with E-state index < -0.39 is 0 Å². The molecule has 136 valence electrons. The molecule has 3 heterocycles. The lowest BCUT2D eigenvalue weighted by atomic mass is 10.1. The number of likely N-dealkylation sites (tertiary alicyclic amines) is 1. The maximum Gasteiger partial charge on any atom is 0.273 e. The first-order valence-electron chi connectivity index (χ1n) is 8.68. The summed E-state index contributed by atoms with van der Waals surface area (Å²) in [6.45, 7) is 0.671. The zero-order valence-corrected chi connectivity index (χ0v) is 15.2. The van der Waals surface area contributed by atoms with Crippen molar-refractivity contribution in [2.24, 2.45) is 0 Å². The number of hydrogen-bond donors (Lipinski definition) is 0. The van der Waals surface area contributed by atoms with Gasteiger partial charge in [0.15, 0.2) is 0 Å². The molecule has 1 saturated heterocycles. The van der Waals surface area contributed by atoms with E-state index in [0.717, 1.165) is 12.8 Å². The number of halogens is 1. The van der Waals surface area contributed by atoms with Crippen molar-refractivity contribution in [1.29, 1.82) is 0 Å². The molecular weight excluding hydrogens is 364 g/mol. The minimum Gasteiger partial charge on any atom is -0.437 e. The highest BCUT2D eigenvalue weighted by molar-refractivity contribution is 6.30. The molecule has 27 heavy (non-hydrogen) atoms. The lowest BCUT2D eigenvalue weighted by molar-refractivity contribution is 0.0726. The van der Waals surface area contributed by atoms with Gasteiger partial charge in [0.25, 0.3) is 5.91 Å². The van der Waals surface area contributed by atoms with Crippen LogP contribution in [0, 0.1) is 0 Å². The van der Waals surface area contributed by atoms with Gasteiger partial charge in [-0.1, -0.05) is 17.7 Å². The van der Waals surface area contributed by atoms with Crippen LogP contribution in [0.2, 0.25) is 5.02 Å². The van der Waals surface area contributed by atoms with Crippen molar-refractivity contribution in [2.45, 2.75) is 18.9 Å². The summed E-state index contributed by atoms with van der Waals surface area (Å²) in [4.78, 5) is 27.6. The summed E-state index contributed by atoms with van der Waals surface area (Å²) in [6.07, 6.45) is 6.60. The molecule has 0 aliphatic carbocycles. The molecule has 0 saturated carbocycles. The molecule has 6 nitrogen and oxygen atoms in total. The van der Waals surface area contributed by atoms with Gasteiger partial charge in [-0.2, -0.15) is 0 Å². The van der Waals surface area contributed by atoms with Crippen LogP contribution in [0.1, 0.15) is 35.1 Å². The topological polar surface area (TPSA) is 68.2 Å². The number of aromatic nitrogens is 3. The third-order valence-corrected chi connectivity index (χ3v) is 4.66. The fraction of sp³-hybridized carbons (Fsp3) is 0.200. The predicted octanol–water partition coefficient (Wildman–Crippen LogP) is 4.29. The van der Waals surface area contributed by atoms with Gasteiger partial charge in [0.1, 0.15) is 11.4 Å². The van der Waals surface area contributed by atoms with Crippen molar-refractivity contribution < 1.29 is 9.53 Å². The summed E-state index contributed by atoms with van der Waals surface area (Å²) in [5, 5.41) is 0.636. The molecule has 7 heteroatoms. The smallest absolute Gasteiger partial charge is 0.273 e. The molecule has 1 aliphatic rings. The predicted molar refractivity (Wildman–Crippen MR) is 101 cm³/mol. The summed E-state index contributed by atoms with van der Waals surface area (Å²) >= 11 is 5.90. The van der Waals surface area contributed by atoms with E-state index >= 15 is 0 Å². The van der Waals surface area contributed by atoms with E-state index in [4.69, 9.17) is 16.3 Å². The van der Waals surface area contributed by atoms with Crippen LogP contribution in [0.25, 0.3) is 0 Å². The second-order valence-corrected chi connectivity index (χ2v) is 6.65. The Morgan fingerprint density at radius 2 is 2.00 bits per heavy atom. The Hall–Kier alpha value is -2.99. The van der Waals surface area contributed by atoms with Crippen molar-refractivity contribution in [2.75, 3.05) is 6.54 Å². The van der Waals surface area contributed by atoms with Gasteiger partial charge in [-0.05, 0) is 49.2 Å². The van der Waals surface area contributed by atoms with Gasteiger partial charge in [-0.25, -0.2) is 4.98 Å². The van der Waals surface area contributed by atoms with E-state index in [1.165, 1.54) is 0 Å². The van der Waals surface area contributed by atoms with E-state index in [0.29, 0.717) is 34.6 Å². The number of ether oxygens (including phenoxy) is 1. The molecule has 1 atom stereocenters. The first kappa shape index (κ1) is 17.4. The van der Waals surface area contributed by atoms with Crippen molar-refractivity contribution in [3.63, 3.8) is 0 Å².